The zero-order chi connectivity index (χ0) is 26.4. The summed E-state index contributed by atoms with van der Waals surface area (Å²) in [5.41, 5.74) is 1.53. The van der Waals surface area contributed by atoms with Gasteiger partial charge in [-0.05, 0) is 36.4 Å². The van der Waals surface area contributed by atoms with E-state index in [0.29, 0.717) is 18.7 Å². The Morgan fingerprint density at radius 1 is 1.05 bits per heavy atom. The first-order chi connectivity index (χ1) is 18.4. The molecule has 0 saturated carbocycles. The molecule has 0 spiro atoms. The molecule has 1 aliphatic heterocycles. The zero-order valence-electron chi connectivity index (χ0n) is 20.3. The Bertz CT molecular complexity index is 1720. The Morgan fingerprint density at radius 3 is 2.53 bits per heavy atom. The molecule has 0 atom stereocenters. The van der Waals surface area contributed by atoms with E-state index in [1.165, 1.54) is 30.6 Å². The molecule has 12 heteroatoms. The molecule has 0 unspecified atom stereocenters. The average molecular weight is 533 g/mol. The van der Waals surface area contributed by atoms with Gasteiger partial charge < -0.3 is 15.1 Å². The fourth-order valence-corrected chi connectivity index (χ4v) is 4.92. The minimum atomic E-state index is -0.646. The number of hydrogen-bond donors (Lipinski definition) is 1. The summed E-state index contributed by atoms with van der Waals surface area (Å²) in [5.74, 6) is -0.0838. The average Bonchev–Trinajstić information content (AvgIpc) is 3.41. The second-order valence-electron chi connectivity index (χ2n) is 8.90. The molecule has 0 aliphatic carbocycles. The predicted octanol–water partition coefficient (Wildman–Crippen LogP) is 3.63. The van der Waals surface area contributed by atoms with Crippen LogP contribution in [0.3, 0.4) is 0 Å². The highest BCUT2D eigenvalue weighted by Gasteiger charge is 2.21. The van der Waals surface area contributed by atoms with E-state index >= 15 is 0 Å². The molecule has 0 bridgehead atoms. The van der Waals surface area contributed by atoms with Gasteiger partial charge in [0.2, 0.25) is 17.6 Å². The van der Waals surface area contributed by atoms with Gasteiger partial charge in [0.15, 0.2) is 5.65 Å². The third kappa shape index (κ3) is 4.10. The minimum absolute atomic E-state index is 0.0812. The van der Waals surface area contributed by atoms with Gasteiger partial charge in [-0.1, -0.05) is 17.7 Å². The number of anilines is 3. The molecule has 2 aromatic carbocycles. The second kappa shape index (κ2) is 9.42. The molecule has 192 valence electrons. The SMILES string of the molecule is CC(=O)N1CCN(c2ccc(Nc3ncc4c(=O)n(-c5c(F)cccc5Cl)c5nccn5c4n3)cc2)CC1. The first-order valence-electron chi connectivity index (χ1n) is 12.0. The molecule has 38 heavy (non-hydrogen) atoms. The van der Waals surface area contributed by atoms with Crippen molar-refractivity contribution in [2.75, 3.05) is 36.4 Å². The Kier molecular flexibility index (Phi) is 5.91. The van der Waals surface area contributed by atoms with E-state index in [4.69, 9.17) is 11.6 Å². The van der Waals surface area contributed by atoms with Gasteiger partial charge in [-0.3, -0.25) is 14.0 Å². The monoisotopic (exact) mass is 532 g/mol. The van der Waals surface area contributed by atoms with E-state index in [1.54, 1.807) is 17.5 Å². The summed E-state index contributed by atoms with van der Waals surface area (Å²) < 4.78 is 17.4. The summed E-state index contributed by atoms with van der Waals surface area (Å²) >= 11 is 6.25. The number of hydrogen-bond acceptors (Lipinski definition) is 7. The lowest BCUT2D eigenvalue weighted by Crippen LogP contribution is -2.48. The first kappa shape index (κ1) is 23.9. The van der Waals surface area contributed by atoms with Crippen molar-refractivity contribution in [3.63, 3.8) is 0 Å². The number of halogens is 2. The van der Waals surface area contributed by atoms with Crippen LogP contribution in [0.15, 0.2) is 65.8 Å². The van der Waals surface area contributed by atoms with Crippen molar-refractivity contribution < 1.29 is 9.18 Å². The topological polar surface area (TPSA) is 101 Å². The predicted molar refractivity (Wildman–Crippen MR) is 143 cm³/mol. The molecule has 6 rings (SSSR count). The lowest BCUT2D eigenvalue weighted by Gasteiger charge is -2.35. The van der Waals surface area contributed by atoms with Crippen molar-refractivity contribution in [1.82, 2.24) is 28.8 Å². The maximum absolute atomic E-state index is 14.7. The maximum atomic E-state index is 14.7. The molecule has 1 fully saturated rings. The van der Waals surface area contributed by atoms with E-state index in [-0.39, 0.29) is 33.7 Å². The number of carbonyl (C=O) groups is 1. The number of nitrogens with zero attached hydrogens (tertiary/aromatic N) is 7. The zero-order valence-corrected chi connectivity index (χ0v) is 21.1. The van der Waals surface area contributed by atoms with Crippen LogP contribution < -0.4 is 15.8 Å². The third-order valence-electron chi connectivity index (χ3n) is 6.63. The summed E-state index contributed by atoms with van der Waals surface area (Å²) in [7, 11) is 0. The van der Waals surface area contributed by atoms with Crippen LogP contribution in [0.2, 0.25) is 5.02 Å². The fourth-order valence-electron chi connectivity index (χ4n) is 4.67. The molecule has 4 heterocycles. The van der Waals surface area contributed by atoms with Gasteiger partial charge >= 0.3 is 0 Å². The van der Waals surface area contributed by atoms with Crippen LogP contribution in [-0.4, -0.2) is 60.9 Å². The Hall–Kier alpha value is -4.51. The van der Waals surface area contributed by atoms with Gasteiger partial charge in [0.25, 0.3) is 5.56 Å². The lowest BCUT2D eigenvalue weighted by atomic mass is 10.2. The number of piperazine rings is 1. The van der Waals surface area contributed by atoms with E-state index in [9.17, 15) is 14.0 Å². The molecule has 1 amide bonds. The number of aromatic nitrogens is 5. The van der Waals surface area contributed by atoms with Crippen molar-refractivity contribution in [2.45, 2.75) is 6.92 Å². The summed E-state index contributed by atoms with van der Waals surface area (Å²) in [6.45, 7) is 4.55. The van der Waals surface area contributed by atoms with Gasteiger partial charge in [0, 0.05) is 63.1 Å². The number of rotatable bonds is 4. The Labute approximate surface area is 220 Å². The summed E-state index contributed by atoms with van der Waals surface area (Å²) in [6, 6.07) is 12.1. The largest absolute Gasteiger partial charge is 0.368 e. The van der Waals surface area contributed by atoms with E-state index in [2.05, 4.69) is 25.2 Å². The molecular formula is C26H22ClFN8O2. The number of carbonyl (C=O) groups excluding carboxylic acids is 1. The standard InChI is InChI=1S/C26H22ClFN8O2/c1-16(37)33-11-13-34(14-12-33)18-7-5-17(6-8-18)31-25-30-15-19-23(32-25)35-10-9-29-26(35)36(24(19)38)22-20(27)3-2-4-21(22)28/h2-10,15H,11-14H2,1H3,(H,30,31,32). The first-order valence-corrected chi connectivity index (χ1v) is 12.4. The fraction of sp³-hybridized carbons (Fsp3) is 0.192. The number of para-hydroxylation sites is 1. The summed E-state index contributed by atoms with van der Waals surface area (Å²) in [6.07, 6.45) is 4.55. The molecule has 3 aromatic heterocycles. The van der Waals surface area contributed by atoms with E-state index in [0.717, 1.165) is 29.0 Å². The number of benzene rings is 2. The number of nitrogens with one attached hydrogen (secondary N) is 1. The quantitative estimate of drug-likeness (QED) is 0.377. The van der Waals surface area contributed by atoms with Crippen LogP contribution in [0.1, 0.15) is 6.92 Å². The maximum Gasteiger partial charge on any atom is 0.270 e. The molecule has 5 aromatic rings. The molecule has 10 nitrogen and oxygen atoms in total. The van der Waals surface area contributed by atoms with E-state index in [1.807, 2.05) is 29.2 Å². The van der Waals surface area contributed by atoms with Gasteiger partial charge in [-0.2, -0.15) is 4.98 Å². The molecule has 1 saturated heterocycles. The van der Waals surface area contributed by atoms with Gasteiger partial charge in [0.1, 0.15) is 16.9 Å². The molecular weight excluding hydrogens is 511 g/mol. The van der Waals surface area contributed by atoms with Crippen molar-refractivity contribution in [1.29, 1.82) is 0 Å². The van der Waals surface area contributed by atoms with Gasteiger partial charge in [-0.15, -0.1) is 0 Å². The van der Waals surface area contributed by atoms with Crippen molar-refractivity contribution >= 4 is 51.6 Å². The van der Waals surface area contributed by atoms with Crippen molar-refractivity contribution in [3.05, 3.63) is 82.2 Å². The van der Waals surface area contributed by atoms with Crippen molar-refractivity contribution in [2.24, 2.45) is 0 Å². The van der Waals surface area contributed by atoms with Gasteiger partial charge in [-0.25, -0.2) is 18.9 Å². The normalized spacial score (nSPS) is 13.9. The number of fused-ring (bicyclic) bond motifs is 3. The third-order valence-corrected chi connectivity index (χ3v) is 6.93. The highest BCUT2D eigenvalue weighted by Crippen LogP contribution is 2.26. The van der Waals surface area contributed by atoms with Crippen LogP contribution in [0, 0.1) is 5.82 Å². The van der Waals surface area contributed by atoms with Crippen LogP contribution in [-0.2, 0) is 4.79 Å². The smallest absolute Gasteiger partial charge is 0.270 e. The summed E-state index contributed by atoms with van der Waals surface area (Å²) in [4.78, 5) is 42.2. The lowest BCUT2D eigenvalue weighted by molar-refractivity contribution is -0.129. The van der Waals surface area contributed by atoms with Gasteiger partial charge in [0.05, 0.1) is 5.02 Å². The van der Waals surface area contributed by atoms with E-state index < -0.39 is 11.4 Å². The van der Waals surface area contributed by atoms with Crippen LogP contribution in [0.4, 0.5) is 21.7 Å². The van der Waals surface area contributed by atoms with Crippen molar-refractivity contribution in [3.8, 4) is 5.69 Å². The Morgan fingerprint density at radius 2 is 1.82 bits per heavy atom. The number of amides is 1. The molecule has 0 radical (unpaired) electrons. The Balaban J connectivity index is 1.31. The highest BCUT2D eigenvalue weighted by molar-refractivity contribution is 6.32. The molecule has 1 aliphatic rings. The van der Waals surface area contributed by atoms with Crippen LogP contribution in [0.5, 0.6) is 0 Å². The highest BCUT2D eigenvalue weighted by atomic mass is 35.5. The summed E-state index contributed by atoms with van der Waals surface area (Å²) in [5, 5.41) is 3.44. The minimum Gasteiger partial charge on any atom is -0.368 e. The number of imidazole rings is 1. The molecule has 1 N–H and O–H groups in total. The van der Waals surface area contributed by atoms with Crippen LogP contribution >= 0.6 is 11.6 Å². The van der Waals surface area contributed by atoms with Crippen LogP contribution in [0.25, 0.3) is 22.5 Å². The second-order valence-corrected chi connectivity index (χ2v) is 9.31.